The summed E-state index contributed by atoms with van der Waals surface area (Å²) in [6.45, 7) is 6.62. The van der Waals surface area contributed by atoms with Gasteiger partial charge in [-0.3, -0.25) is 4.79 Å². The van der Waals surface area contributed by atoms with Crippen molar-refractivity contribution in [2.45, 2.75) is 50.4 Å². The molecule has 3 aliphatic rings. The molecule has 0 bridgehead atoms. The van der Waals surface area contributed by atoms with E-state index in [0.717, 1.165) is 45.4 Å². The lowest BCUT2D eigenvalue weighted by molar-refractivity contribution is -0.133. The van der Waals surface area contributed by atoms with Crippen LogP contribution in [0.4, 0.5) is 0 Å². The van der Waals surface area contributed by atoms with Gasteiger partial charge < -0.3 is 9.80 Å². The number of fused-ring (bicyclic) bond motifs is 2. The number of amides is 1. The Kier molecular flexibility index (Phi) is 6.24. The van der Waals surface area contributed by atoms with E-state index in [1.165, 1.54) is 11.1 Å². The van der Waals surface area contributed by atoms with E-state index in [0.29, 0.717) is 25.9 Å². The zero-order chi connectivity index (χ0) is 21.4. The molecule has 1 aromatic carbocycles. The van der Waals surface area contributed by atoms with Gasteiger partial charge in [0.2, 0.25) is 15.9 Å². The maximum Gasteiger partial charge on any atom is 0.223 e. The average Bonchev–Trinajstić information content (AvgIpc) is 3.02. The molecule has 1 aromatic rings. The van der Waals surface area contributed by atoms with Crippen molar-refractivity contribution in [2.75, 3.05) is 52.1 Å². The minimum atomic E-state index is -3.14. The van der Waals surface area contributed by atoms with E-state index in [1.807, 2.05) is 11.8 Å². The number of likely N-dealkylation sites (N-methyl/N-ethyl adjacent to an activating group) is 1. The van der Waals surface area contributed by atoms with Crippen LogP contribution < -0.4 is 0 Å². The van der Waals surface area contributed by atoms with Gasteiger partial charge in [0.05, 0.1) is 5.75 Å². The first-order chi connectivity index (χ1) is 14.3. The van der Waals surface area contributed by atoms with Crippen LogP contribution in [0.15, 0.2) is 24.3 Å². The van der Waals surface area contributed by atoms with Crippen molar-refractivity contribution in [3.05, 3.63) is 35.4 Å². The standard InChI is InChI=1S/C23H35N3O3S/c1-3-16-30(28,29)26-10-8-23(9-11-26)18-19(20-6-4-5-7-21(20)23)17-22(27)25-14-12-24(2)13-15-25/h4-7,19H,3,8-18H2,1-2H3/t19-/m1/s1. The molecule has 1 amide bonds. The van der Waals surface area contributed by atoms with Crippen molar-refractivity contribution in [3.63, 3.8) is 0 Å². The lowest BCUT2D eigenvalue weighted by Gasteiger charge is -2.40. The van der Waals surface area contributed by atoms with Crippen LogP contribution in [0.25, 0.3) is 0 Å². The first-order valence-electron chi connectivity index (χ1n) is 11.4. The number of nitrogens with zero attached hydrogens (tertiary/aromatic N) is 3. The molecular weight excluding hydrogens is 398 g/mol. The number of piperazine rings is 1. The fraction of sp³-hybridized carbons (Fsp3) is 0.696. The Bertz CT molecular complexity index is 869. The molecule has 166 valence electrons. The van der Waals surface area contributed by atoms with Gasteiger partial charge in [-0.15, -0.1) is 0 Å². The fourth-order valence-electron chi connectivity index (χ4n) is 5.66. The molecule has 2 fully saturated rings. The summed E-state index contributed by atoms with van der Waals surface area (Å²) in [6.07, 6.45) is 3.90. The van der Waals surface area contributed by atoms with Crippen molar-refractivity contribution in [3.8, 4) is 0 Å². The zero-order valence-electron chi connectivity index (χ0n) is 18.3. The highest BCUT2D eigenvalue weighted by Crippen LogP contribution is 2.53. The molecular formula is C23H35N3O3S. The van der Waals surface area contributed by atoms with E-state index in [-0.39, 0.29) is 23.0 Å². The van der Waals surface area contributed by atoms with Gasteiger partial charge in [0.15, 0.2) is 0 Å². The van der Waals surface area contributed by atoms with Crippen LogP contribution in [-0.2, 0) is 20.2 Å². The summed E-state index contributed by atoms with van der Waals surface area (Å²) in [5, 5.41) is 0. The minimum absolute atomic E-state index is 0.0158. The normalized spacial score (nSPS) is 24.9. The van der Waals surface area contributed by atoms with Crippen LogP contribution in [0.2, 0.25) is 0 Å². The van der Waals surface area contributed by atoms with Gasteiger partial charge in [-0.2, -0.15) is 0 Å². The first-order valence-corrected chi connectivity index (χ1v) is 13.0. The summed E-state index contributed by atoms with van der Waals surface area (Å²) < 4.78 is 26.7. The molecule has 0 unspecified atom stereocenters. The van der Waals surface area contributed by atoms with Crippen molar-refractivity contribution < 1.29 is 13.2 Å². The Morgan fingerprint density at radius 3 is 2.40 bits per heavy atom. The van der Waals surface area contributed by atoms with E-state index >= 15 is 0 Å². The number of carbonyl (C=O) groups is 1. The molecule has 2 heterocycles. The lowest BCUT2D eigenvalue weighted by atomic mass is 9.73. The topological polar surface area (TPSA) is 60.9 Å². The quantitative estimate of drug-likeness (QED) is 0.716. The molecule has 1 spiro atoms. The second kappa shape index (κ2) is 8.60. The van der Waals surface area contributed by atoms with Gasteiger partial charge in [-0.25, -0.2) is 12.7 Å². The highest BCUT2D eigenvalue weighted by molar-refractivity contribution is 7.89. The average molecular weight is 434 g/mol. The SMILES string of the molecule is CCCS(=O)(=O)N1CCC2(CC1)C[C@@H](CC(=O)N1CCN(C)CC1)c1ccccc12. The maximum atomic E-state index is 13.0. The summed E-state index contributed by atoms with van der Waals surface area (Å²) in [5.74, 6) is 0.744. The summed E-state index contributed by atoms with van der Waals surface area (Å²) >= 11 is 0. The van der Waals surface area contributed by atoms with Gasteiger partial charge in [-0.1, -0.05) is 31.2 Å². The Morgan fingerprint density at radius 2 is 1.73 bits per heavy atom. The van der Waals surface area contributed by atoms with E-state index in [9.17, 15) is 13.2 Å². The van der Waals surface area contributed by atoms with Crippen LogP contribution >= 0.6 is 0 Å². The summed E-state index contributed by atoms with van der Waals surface area (Å²) in [5.41, 5.74) is 2.68. The number of carbonyl (C=O) groups excluding carboxylic acids is 1. The Morgan fingerprint density at radius 1 is 1.07 bits per heavy atom. The van der Waals surface area contributed by atoms with E-state index < -0.39 is 10.0 Å². The highest BCUT2D eigenvalue weighted by Gasteiger charge is 2.47. The number of hydrogen-bond donors (Lipinski definition) is 0. The largest absolute Gasteiger partial charge is 0.340 e. The number of benzene rings is 1. The molecule has 30 heavy (non-hydrogen) atoms. The number of hydrogen-bond acceptors (Lipinski definition) is 4. The van der Waals surface area contributed by atoms with Crippen molar-refractivity contribution in [1.82, 2.24) is 14.1 Å². The maximum absolute atomic E-state index is 13.0. The van der Waals surface area contributed by atoms with E-state index in [2.05, 4.69) is 36.2 Å². The molecule has 0 saturated carbocycles. The van der Waals surface area contributed by atoms with Gasteiger partial charge in [0, 0.05) is 45.7 Å². The molecule has 0 N–H and O–H groups in total. The molecule has 7 heteroatoms. The first kappa shape index (κ1) is 21.8. The van der Waals surface area contributed by atoms with Crippen LogP contribution in [0, 0.1) is 0 Å². The number of piperidine rings is 1. The van der Waals surface area contributed by atoms with Gasteiger partial charge in [-0.05, 0) is 55.2 Å². The predicted molar refractivity (Wildman–Crippen MR) is 119 cm³/mol. The molecule has 4 rings (SSSR count). The summed E-state index contributed by atoms with van der Waals surface area (Å²) in [6, 6.07) is 8.57. The fourth-order valence-corrected chi connectivity index (χ4v) is 7.17. The third-order valence-corrected chi connectivity index (χ3v) is 9.50. The second-order valence-corrected chi connectivity index (χ2v) is 11.5. The number of rotatable bonds is 5. The van der Waals surface area contributed by atoms with Crippen molar-refractivity contribution in [2.24, 2.45) is 0 Å². The van der Waals surface area contributed by atoms with Gasteiger partial charge >= 0.3 is 0 Å². The molecule has 2 saturated heterocycles. The molecule has 6 nitrogen and oxygen atoms in total. The third kappa shape index (κ3) is 4.16. The Hall–Kier alpha value is -1.44. The molecule has 0 radical (unpaired) electrons. The predicted octanol–water partition coefficient (Wildman–Crippen LogP) is 2.41. The molecule has 1 aliphatic carbocycles. The highest BCUT2D eigenvalue weighted by atomic mass is 32.2. The monoisotopic (exact) mass is 433 g/mol. The van der Waals surface area contributed by atoms with Gasteiger partial charge in [0.1, 0.15) is 0 Å². The van der Waals surface area contributed by atoms with E-state index in [4.69, 9.17) is 0 Å². The molecule has 2 aliphatic heterocycles. The van der Waals surface area contributed by atoms with Crippen LogP contribution in [0.1, 0.15) is 56.1 Å². The van der Waals surface area contributed by atoms with Crippen LogP contribution in [-0.4, -0.2) is 80.5 Å². The van der Waals surface area contributed by atoms with E-state index in [1.54, 1.807) is 4.31 Å². The molecule has 1 atom stereocenters. The Balaban J connectivity index is 1.47. The molecule has 0 aromatic heterocycles. The summed E-state index contributed by atoms with van der Waals surface area (Å²) in [4.78, 5) is 17.3. The van der Waals surface area contributed by atoms with Crippen LogP contribution in [0.5, 0.6) is 0 Å². The summed E-state index contributed by atoms with van der Waals surface area (Å²) in [7, 11) is -1.04. The second-order valence-electron chi connectivity index (χ2n) is 9.37. The number of sulfonamides is 1. The minimum Gasteiger partial charge on any atom is -0.340 e. The smallest absolute Gasteiger partial charge is 0.223 e. The Labute approximate surface area is 181 Å². The van der Waals surface area contributed by atoms with Gasteiger partial charge in [0.25, 0.3) is 0 Å². The lowest BCUT2D eigenvalue weighted by Crippen LogP contribution is -2.47. The van der Waals surface area contributed by atoms with Crippen LogP contribution in [0.3, 0.4) is 0 Å². The van der Waals surface area contributed by atoms with Crippen molar-refractivity contribution in [1.29, 1.82) is 0 Å². The van der Waals surface area contributed by atoms with Crippen molar-refractivity contribution >= 4 is 15.9 Å². The third-order valence-electron chi connectivity index (χ3n) is 7.42. The zero-order valence-corrected chi connectivity index (χ0v) is 19.2.